The largest absolute Gasteiger partial charge is 0.495 e. The Morgan fingerprint density at radius 3 is 2.96 bits per heavy atom. The maximum Gasteiger partial charge on any atom is 0.206 e. The topological polar surface area (TPSA) is 64.1 Å². The first kappa shape index (κ1) is 18.0. The number of aromatic nitrogens is 2. The molecule has 0 bridgehead atoms. The summed E-state index contributed by atoms with van der Waals surface area (Å²) in [4.78, 5) is 12.2. The zero-order valence-electron chi connectivity index (χ0n) is 13.0. The highest BCUT2D eigenvalue weighted by Gasteiger charge is 2.12. The summed E-state index contributed by atoms with van der Waals surface area (Å²) >= 11 is 8.88. The number of ether oxygens (including phenoxy) is 1. The van der Waals surface area contributed by atoms with E-state index in [0.717, 1.165) is 28.9 Å². The molecule has 0 saturated carbocycles. The number of carbonyl (C=O) groups is 1. The Morgan fingerprint density at radius 1 is 1.43 bits per heavy atom. The molecule has 1 aromatic carbocycles. The second-order valence-electron chi connectivity index (χ2n) is 4.71. The number of hydrogen-bond donors (Lipinski definition) is 1. The molecule has 0 aliphatic rings. The monoisotopic (exact) mass is 371 g/mol. The lowest BCUT2D eigenvalue weighted by Crippen LogP contribution is -2.02. The van der Waals surface area contributed by atoms with Crippen LogP contribution >= 0.6 is 34.7 Å². The molecule has 124 valence electrons. The van der Waals surface area contributed by atoms with Crippen LogP contribution < -0.4 is 10.1 Å². The highest BCUT2D eigenvalue weighted by Crippen LogP contribution is 2.28. The van der Waals surface area contributed by atoms with Gasteiger partial charge in [-0.2, -0.15) is 0 Å². The normalized spacial score (nSPS) is 10.6. The molecule has 1 N–H and O–H groups in total. The molecule has 0 saturated heterocycles. The summed E-state index contributed by atoms with van der Waals surface area (Å²) < 4.78 is 5.85. The zero-order valence-corrected chi connectivity index (χ0v) is 15.4. The Bertz CT molecular complexity index is 664. The Kier molecular flexibility index (Phi) is 7.14. The number of benzene rings is 1. The van der Waals surface area contributed by atoms with Crippen molar-refractivity contribution in [3.8, 4) is 5.75 Å². The number of halogens is 1. The lowest BCUT2D eigenvalue weighted by Gasteiger charge is -2.04. The fourth-order valence-corrected chi connectivity index (χ4v) is 3.69. The highest BCUT2D eigenvalue weighted by atomic mass is 35.5. The molecule has 2 rings (SSSR count). The smallest absolute Gasteiger partial charge is 0.206 e. The van der Waals surface area contributed by atoms with E-state index in [-0.39, 0.29) is 5.78 Å². The second kappa shape index (κ2) is 9.10. The van der Waals surface area contributed by atoms with Gasteiger partial charge in [0.1, 0.15) is 5.75 Å². The maximum absolute atomic E-state index is 12.2. The number of ketones is 1. The molecule has 23 heavy (non-hydrogen) atoms. The van der Waals surface area contributed by atoms with Gasteiger partial charge < -0.3 is 10.1 Å². The Labute approximate surface area is 148 Å². The summed E-state index contributed by atoms with van der Waals surface area (Å²) in [5, 5.41) is 12.6. The van der Waals surface area contributed by atoms with Crippen LogP contribution in [0, 0.1) is 0 Å². The molecule has 1 aromatic heterocycles. The van der Waals surface area contributed by atoms with E-state index < -0.39 is 0 Å². The summed E-state index contributed by atoms with van der Waals surface area (Å²) in [6, 6.07) is 5.04. The molecule has 0 atom stereocenters. The summed E-state index contributed by atoms with van der Waals surface area (Å²) in [6.07, 6.45) is 2.23. The van der Waals surface area contributed by atoms with Crippen molar-refractivity contribution in [3.63, 3.8) is 0 Å². The zero-order chi connectivity index (χ0) is 16.7. The number of nitrogens with zero attached hydrogens (tertiary/aromatic N) is 2. The number of Topliss-reactive ketones (excluding diaryl/α,β-unsaturated/α-hetero) is 1. The molecule has 5 nitrogen and oxygen atoms in total. The van der Waals surface area contributed by atoms with Crippen molar-refractivity contribution >= 4 is 45.6 Å². The number of rotatable bonds is 9. The Balaban J connectivity index is 1.88. The Morgan fingerprint density at radius 2 is 2.26 bits per heavy atom. The van der Waals surface area contributed by atoms with Crippen molar-refractivity contribution in [3.05, 3.63) is 28.8 Å². The van der Waals surface area contributed by atoms with Crippen molar-refractivity contribution in [1.82, 2.24) is 10.2 Å². The lowest BCUT2D eigenvalue weighted by atomic mass is 10.1. The molecule has 0 aliphatic heterocycles. The number of unbranched alkanes of at least 4 members (excludes halogenated alkanes) is 1. The fraction of sp³-hybridized carbons (Fsp3) is 0.400. The minimum absolute atomic E-state index is 0.00440. The molecule has 0 aliphatic carbocycles. The number of carbonyl (C=O) groups excluding carboxylic acids is 1. The number of hydrogen-bond acceptors (Lipinski definition) is 7. The van der Waals surface area contributed by atoms with Gasteiger partial charge in [-0.1, -0.05) is 48.0 Å². The van der Waals surface area contributed by atoms with Gasteiger partial charge in [-0.3, -0.25) is 4.79 Å². The van der Waals surface area contributed by atoms with Gasteiger partial charge in [0.15, 0.2) is 10.1 Å². The van der Waals surface area contributed by atoms with Crippen molar-refractivity contribution < 1.29 is 9.53 Å². The first-order valence-electron chi connectivity index (χ1n) is 7.21. The van der Waals surface area contributed by atoms with Crippen LogP contribution in [0.3, 0.4) is 0 Å². The van der Waals surface area contributed by atoms with Gasteiger partial charge in [0.2, 0.25) is 5.13 Å². The number of methoxy groups -OCH3 is 1. The first-order valence-corrected chi connectivity index (χ1v) is 9.39. The Hall–Kier alpha value is -1.31. The van der Waals surface area contributed by atoms with E-state index in [2.05, 4.69) is 22.4 Å². The summed E-state index contributed by atoms with van der Waals surface area (Å²) in [5.74, 6) is 0.852. The number of anilines is 1. The van der Waals surface area contributed by atoms with Gasteiger partial charge in [-0.15, -0.1) is 10.2 Å². The summed E-state index contributed by atoms with van der Waals surface area (Å²) in [6.45, 7) is 3.03. The maximum atomic E-state index is 12.2. The highest BCUT2D eigenvalue weighted by molar-refractivity contribution is 8.01. The van der Waals surface area contributed by atoms with E-state index in [1.165, 1.54) is 23.1 Å². The third-order valence-corrected chi connectivity index (χ3v) is 5.32. The number of thioether (sulfide) groups is 1. The predicted molar refractivity (Wildman–Crippen MR) is 96.4 cm³/mol. The van der Waals surface area contributed by atoms with Crippen LogP contribution in [0.5, 0.6) is 5.75 Å². The molecule has 1 heterocycles. The van der Waals surface area contributed by atoms with Crippen LogP contribution in [-0.2, 0) is 0 Å². The molecule has 0 amide bonds. The molecular weight excluding hydrogens is 354 g/mol. The van der Waals surface area contributed by atoms with Crippen molar-refractivity contribution in [1.29, 1.82) is 0 Å². The van der Waals surface area contributed by atoms with Gasteiger partial charge >= 0.3 is 0 Å². The van der Waals surface area contributed by atoms with Gasteiger partial charge in [0.25, 0.3) is 0 Å². The van der Waals surface area contributed by atoms with Gasteiger partial charge in [0, 0.05) is 12.1 Å². The predicted octanol–water partition coefficient (Wildman–Crippen LogP) is 4.39. The fourth-order valence-electron chi connectivity index (χ4n) is 1.76. The molecule has 0 fully saturated rings. The number of nitrogens with one attached hydrogen (secondary N) is 1. The molecule has 8 heteroatoms. The van der Waals surface area contributed by atoms with E-state index in [1.54, 1.807) is 25.3 Å². The molecule has 0 radical (unpaired) electrons. The lowest BCUT2D eigenvalue weighted by molar-refractivity contribution is 0.102. The van der Waals surface area contributed by atoms with E-state index in [0.29, 0.717) is 22.1 Å². The second-order valence-corrected chi connectivity index (χ2v) is 7.32. The van der Waals surface area contributed by atoms with Crippen LogP contribution in [0.2, 0.25) is 5.02 Å². The van der Waals surface area contributed by atoms with E-state index >= 15 is 0 Å². The van der Waals surface area contributed by atoms with E-state index in [1.807, 2.05) is 0 Å². The summed E-state index contributed by atoms with van der Waals surface area (Å²) in [5.41, 5.74) is 0.564. The van der Waals surface area contributed by atoms with Gasteiger partial charge in [0.05, 0.1) is 17.9 Å². The van der Waals surface area contributed by atoms with E-state index in [9.17, 15) is 4.79 Å². The van der Waals surface area contributed by atoms with E-state index in [4.69, 9.17) is 16.3 Å². The van der Waals surface area contributed by atoms with Gasteiger partial charge in [-0.25, -0.2) is 0 Å². The molecule has 2 aromatic rings. The summed E-state index contributed by atoms with van der Waals surface area (Å²) in [7, 11) is 1.54. The van der Waals surface area contributed by atoms with Crippen LogP contribution in [0.4, 0.5) is 5.13 Å². The standard InChI is InChI=1S/C15H18ClN3O2S2/c1-3-4-7-17-14-18-19-15(23-14)22-9-12(20)10-5-6-13(21-2)11(16)8-10/h5-6,8H,3-4,7,9H2,1-2H3,(H,17,18). The van der Waals surface area contributed by atoms with Crippen LogP contribution in [0.1, 0.15) is 30.1 Å². The molecular formula is C15H18ClN3O2S2. The third kappa shape index (κ3) is 5.37. The van der Waals surface area contributed by atoms with Crippen molar-refractivity contribution in [2.24, 2.45) is 0 Å². The molecule has 0 spiro atoms. The van der Waals surface area contributed by atoms with Crippen LogP contribution in [0.25, 0.3) is 0 Å². The van der Waals surface area contributed by atoms with Crippen LogP contribution in [0.15, 0.2) is 22.5 Å². The average molecular weight is 372 g/mol. The van der Waals surface area contributed by atoms with Crippen molar-refractivity contribution in [2.75, 3.05) is 24.7 Å². The first-order chi connectivity index (χ1) is 11.1. The van der Waals surface area contributed by atoms with Crippen LogP contribution in [-0.4, -0.2) is 35.4 Å². The SMILES string of the molecule is CCCCNc1nnc(SCC(=O)c2ccc(OC)c(Cl)c2)s1. The minimum Gasteiger partial charge on any atom is -0.495 e. The molecule has 0 unspecified atom stereocenters. The third-order valence-electron chi connectivity index (χ3n) is 3.01. The average Bonchev–Trinajstić information content (AvgIpc) is 3.00. The van der Waals surface area contributed by atoms with Crippen molar-refractivity contribution in [2.45, 2.75) is 24.1 Å². The minimum atomic E-state index is -0.00440. The van der Waals surface area contributed by atoms with Gasteiger partial charge in [-0.05, 0) is 24.6 Å². The quantitative estimate of drug-likeness (QED) is 0.400.